The van der Waals surface area contributed by atoms with E-state index in [4.69, 9.17) is 19.4 Å². The van der Waals surface area contributed by atoms with Crippen LogP contribution in [-0.4, -0.2) is 64.7 Å². The van der Waals surface area contributed by atoms with E-state index in [-0.39, 0.29) is 11.4 Å². The van der Waals surface area contributed by atoms with Gasteiger partial charge in [-0.25, -0.2) is 13.7 Å². The molecular formula is C13H17N2O14P3. The molecule has 0 aromatic heterocycles. The lowest BCUT2D eigenvalue weighted by Crippen LogP contribution is -2.33. The van der Waals surface area contributed by atoms with Crippen molar-refractivity contribution < 1.29 is 61.4 Å². The van der Waals surface area contributed by atoms with E-state index in [2.05, 4.69) is 23.1 Å². The molecule has 19 heteroatoms. The van der Waals surface area contributed by atoms with Gasteiger partial charge in [0.25, 0.3) is 5.56 Å². The molecule has 0 aromatic carbocycles. The Morgan fingerprint density at radius 2 is 1.75 bits per heavy atom. The van der Waals surface area contributed by atoms with E-state index >= 15 is 0 Å². The maximum Gasteiger partial charge on any atom is 0.490 e. The highest BCUT2D eigenvalue weighted by Gasteiger charge is 2.47. The first-order valence-corrected chi connectivity index (χ1v) is 13.0. The summed E-state index contributed by atoms with van der Waals surface area (Å²) in [7, 11) is -16.7. The van der Waals surface area contributed by atoms with Crippen LogP contribution in [0.5, 0.6) is 0 Å². The molecule has 32 heavy (non-hydrogen) atoms. The molecule has 0 saturated carbocycles. The van der Waals surface area contributed by atoms with Crippen molar-refractivity contribution in [3.63, 3.8) is 0 Å². The number of fused-ring (bicyclic) bond motifs is 1. The van der Waals surface area contributed by atoms with Crippen molar-refractivity contribution in [3.05, 3.63) is 40.3 Å². The molecule has 0 amide bonds. The fourth-order valence-corrected chi connectivity index (χ4v) is 5.90. The van der Waals surface area contributed by atoms with Crippen molar-refractivity contribution in [3.8, 4) is 11.4 Å². The van der Waals surface area contributed by atoms with Crippen molar-refractivity contribution in [1.29, 1.82) is 0 Å². The van der Waals surface area contributed by atoms with E-state index < -0.39 is 60.1 Å². The molecule has 7 N–H and O–H groups in total. The number of phosphoric ester groups is 1. The minimum Gasteiger partial charge on any atom is -0.387 e. The fourth-order valence-electron chi connectivity index (χ4n) is 2.87. The Morgan fingerprint density at radius 3 is 2.41 bits per heavy atom. The zero-order chi connectivity index (χ0) is 23.9. The fraction of sp³-hybridized carbons (Fsp3) is 0.385. The average Bonchev–Trinajstić information content (AvgIpc) is 2.91. The molecule has 3 rings (SSSR count). The molecule has 16 nitrogen and oxygen atoms in total. The van der Waals surface area contributed by atoms with Crippen molar-refractivity contribution in [2.24, 2.45) is 0 Å². The summed E-state index contributed by atoms with van der Waals surface area (Å²) in [6.07, 6.45) is -4.78. The minimum absolute atomic E-state index is 0.121. The molecule has 3 aliphatic rings. The smallest absolute Gasteiger partial charge is 0.387 e. The van der Waals surface area contributed by atoms with Gasteiger partial charge in [0.15, 0.2) is 0 Å². The summed E-state index contributed by atoms with van der Waals surface area (Å²) in [4.78, 5) is 54.4. The molecule has 1 fully saturated rings. The van der Waals surface area contributed by atoms with Gasteiger partial charge in [0.05, 0.1) is 12.2 Å². The first kappa shape index (κ1) is 25.3. The summed E-state index contributed by atoms with van der Waals surface area (Å²) in [5.74, 6) is 0.262. The van der Waals surface area contributed by atoms with Crippen LogP contribution in [0, 0.1) is 0 Å². The van der Waals surface area contributed by atoms with Gasteiger partial charge in [-0.15, -0.1) is 0 Å². The van der Waals surface area contributed by atoms with Crippen molar-refractivity contribution >= 4 is 23.5 Å². The van der Waals surface area contributed by atoms with Crippen LogP contribution < -0.4 is 5.56 Å². The average molecular weight is 518 g/mol. The third kappa shape index (κ3) is 6.16. The van der Waals surface area contributed by atoms with Gasteiger partial charge < -0.3 is 39.5 Å². The lowest BCUT2D eigenvalue weighted by molar-refractivity contribution is -0.0226. The Morgan fingerprint density at radius 1 is 1.06 bits per heavy atom. The number of hydrogen-bond acceptors (Lipinski definition) is 11. The first-order chi connectivity index (χ1) is 14.7. The normalized spacial score (nSPS) is 27.8. The summed E-state index contributed by atoms with van der Waals surface area (Å²) in [5, 5.41) is 20.4. The van der Waals surface area contributed by atoms with Crippen molar-refractivity contribution in [1.82, 2.24) is 9.97 Å². The van der Waals surface area contributed by atoms with Gasteiger partial charge in [-0.1, -0.05) is 0 Å². The van der Waals surface area contributed by atoms with Crippen LogP contribution >= 0.6 is 23.5 Å². The summed E-state index contributed by atoms with van der Waals surface area (Å²) in [5.41, 5.74) is -0.404. The number of aliphatic hydroxyl groups is 2. The predicted octanol–water partition coefficient (Wildman–Crippen LogP) is -0.620. The number of phosphoric acid groups is 3. The molecule has 3 unspecified atom stereocenters. The molecule has 0 bridgehead atoms. The number of pyridine rings is 2. The molecule has 3 aliphatic heterocycles. The van der Waals surface area contributed by atoms with Crippen LogP contribution in [-0.2, 0) is 31.6 Å². The van der Waals surface area contributed by atoms with E-state index in [9.17, 15) is 33.6 Å². The molecule has 178 valence electrons. The van der Waals surface area contributed by atoms with Crippen molar-refractivity contribution in [2.45, 2.75) is 24.4 Å². The number of rotatable bonds is 8. The SMILES string of the molecule is O=c1nc2[nH]cccc-2cc1[C@@H]1O[C@H](COP(=O)(O)OP(=O)(O)OP(=O)(O)O)[C@H](O)C1O. The Labute approximate surface area is 178 Å². The number of aliphatic hydroxyl groups excluding tert-OH is 2. The quantitative estimate of drug-likeness (QED) is 0.215. The van der Waals surface area contributed by atoms with Crippen LogP contribution in [0.2, 0.25) is 0 Å². The van der Waals surface area contributed by atoms with E-state index in [1.54, 1.807) is 12.1 Å². The van der Waals surface area contributed by atoms with E-state index in [1.807, 2.05) is 0 Å². The standard InChI is InChI=1S/C13H17N2O14P3/c16-9-8(5-26-31(22,23)29-32(24,25)28-30(19,20)21)27-11(10(9)17)7-4-6-2-1-3-14-12(6)15-13(7)18/h1-4,8-11,16-17H,5H2,(H,22,23)(H,24,25)(H,14,15,18)(H2,19,20,21)/t8-,9+,10?,11+/m1/s1. The number of H-pyrrole nitrogens is 1. The molecule has 0 radical (unpaired) electrons. The molecule has 0 aliphatic carbocycles. The highest BCUT2D eigenvalue weighted by molar-refractivity contribution is 7.66. The molecule has 3 heterocycles. The van der Waals surface area contributed by atoms with E-state index in [1.165, 1.54) is 12.3 Å². The van der Waals surface area contributed by atoms with Crippen LogP contribution in [0.15, 0.2) is 29.2 Å². The van der Waals surface area contributed by atoms with Crippen LogP contribution in [0.3, 0.4) is 0 Å². The predicted molar refractivity (Wildman–Crippen MR) is 101 cm³/mol. The van der Waals surface area contributed by atoms with Gasteiger partial charge in [0.2, 0.25) is 0 Å². The summed E-state index contributed by atoms with van der Waals surface area (Å²) in [6, 6.07) is 4.61. The Balaban J connectivity index is 1.71. The van der Waals surface area contributed by atoms with Gasteiger partial charge >= 0.3 is 23.5 Å². The number of aromatic amines is 1. The number of ether oxygens (including phenoxy) is 1. The van der Waals surface area contributed by atoms with Gasteiger partial charge in [-0.05, 0) is 18.2 Å². The lowest BCUT2D eigenvalue weighted by Gasteiger charge is -2.19. The number of aromatic nitrogens is 2. The third-order valence-electron chi connectivity index (χ3n) is 4.12. The molecule has 1 saturated heterocycles. The van der Waals surface area contributed by atoms with Crippen LogP contribution in [0.25, 0.3) is 11.4 Å². The number of nitrogens with zero attached hydrogens (tertiary/aromatic N) is 1. The van der Waals surface area contributed by atoms with Gasteiger partial charge in [0, 0.05) is 11.8 Å². The molecule has 6 atom stereocenters. The number of hydrogen-bond donors (Lipinski definition) is 7. The zero-order valence-electron chi connectivity index (χ0n) is 15.6. The van der Waals surface area contributed by atoms with E-state index in [0.29, 0.717) is 5.56 Å². The Kier molecular flexibility index (Phi) is 7.21. The molecular weight excluding hydrogens is 501 g/mol. The highest BCUT2D eigenvalue weighted by Crippen LogP contribution is 2.66. The largest absolute Gasteiger partial charge is 0.490 e. The Bertz CT molecular complexity index is 1150. The second kappa shape index (κ2) is 9.12. The lowest BCUT2D eigenvalue weighted by atomic mass is 10.0. The number of nitrogens with one attached hydrogen (secondary N) is 1. The summed E-state index contributed by atoms with van der Waals surface area (Å²) < 4.78 is 50.6. The maximum atomic E-state index is 12.3. The maximum absolute atomic E-state index is 12.3. The minimum atomic E-state index is -5.72. The van der Waals surface area contributed by atoms with Crippen molar-refractivity contribution in [2.75, 3.05) is 6.61 Å². The highest BCUT2D eigenvalue weighted by atomic mass is 31.3. The second-order valence-electron chi connectivity index (χ2n) is 6.45. The first-order valence-electron chi connectivity index (χ1n) is 8.46. The summed E-state index contributed by atoms with van der Waals surface area (Å²) >= 11 is 0. The molecule has 0 aromatic rings. The van der Waals surface area contributed by atoms with Gasteiger partial charge in [-0.3, -0.25) is 9.32 Å². The zero-order valence-corrected chi connectivity index (χ0v) is 18.2. The van der Waals surface area contributed by atoms with Crippen LogP contribution in [0.1, 0.15) is 11.7 Å². The molecule has 0 spiro atoms. The second-order valence-corrected chi connectivity index (χ2v) is 10.9. The third-order valence-corrected chi connectivity index (χ3v) is 7.93. The van der Waals surface area contributed by atoms with Gasteiger partial charge in [0.1, 0.15) is 30.2 Å². The Hall–Kier alpha value is -1.35. The topological polar surface area (TPSA) is 255 Å². The monoisotopic (exact) mass is 518 g/mol. The summed E-state index contributed by atoms with van der Waals surface area (Å²) in [6.45, 7) is -0.999. The van der Waals surface area contributed by atoms with Gasteiger partial charge in [-0.2, -0.15) is 13.6 Å². The van der Waals surface area contributed by atoms with Crippen LogP contribution in [0.4, 0.5) is 0 Å². The van der Waals surface area contributed by atoms with E-state index in [0.717, 1.165) is 0 Å².